The number of hydrogen-bond acceptors (Lipinski definition) is 3. The molecule has 2 aliphatic heterocycles. The van der Waals surface area contributed by atoms with Gasteiger partial charge in [-0.15, -0.1) is 0 Å². The summed E-state index contributed by atoms with van der Waals surface area (Å²) in [6.45, 7) is 7.79. The summed E-state index contributed by atoms with van der Waals surface area (Å²) in [4.78, 5) is 27.5. The number of piperidine rings is 1. The van der Waals surface area contributed by atoms with E-state index >= 15 is 0 Å². The normalized spacial score (nSPS) is 24.8. The summed E-state index contributed by atoms with van der Waals surface area (Å²) in [5, 5.41) is 0. The molecule has 2 amide bonds. The summed E-state index contributed by atoms with van der Waals surface area (Å²) >= 11 is 0. The van der Waals surface area contributed by atoms with Crippen LogP contribution in [0.15, 0.2) is 0 Å². The molecule has 5 nitrogen and oxygen atoms in total. The van der Waals surface area contributed by atoms with Crippen LogP contribution in [-0.4, -0.2) is 53.1 Å². The van der Waals surface area contributed by atoms with Crippen LogP contribution in [0.25, 0.3) is 0 Å². The summed E-state index contributed by atoms with van der Waals surface area (Å²) in [7, 11) is 0. The zero-order valence-corrected chi connectivity index (χ0v) is 12.1. The van der Waals surface area contributed by atoms with Crippen LogP contribution in [0.4, 0.5) is 4.79 Å². The molecule has 2 aliphatic rings. The highest BCUT2D eigenvalue weighted by Crippen LogP contribution is 2.22. The van der Waals surface area contributed by atoms with Gasteiger partial charge in [0.25, 0.3) is 0 Å². The van der Waals surface area contributed by atoms with E-state index in [1.165, 1.54) is 0 Å². The van der Waals surface area contributed by atoms with E-state index in [1.54, 1.807) is 4.90 Å². The molecule has 2 fully saturated rings. The fourth-order valence-electron chi connectivity index (χ4n) is 2.76. The van der Waals surface area contributed by atoms with Gasteiger partial charge >= 0.3 is 6.09 Å². The Kier molecular flexibility index (Phi) is 4.02. The van der Waals surface area contributed by atoms with Gasteiger partial charge in [0.2, 0.25) is 5.91 Å². The van der Waals surface area contributed by atoms with Gasteiger partial charge < -0.3 is 14.5 Å². The first-order valence-electron chi connectivity index (χ1n) is 7.14. The van der Waals surface area contributed by atoms with Gasteiger partial charge in [-0.05, 0) is 40.0 Å². The summed E-state index contributed by atoms with van der Waals surface area (Å²) in [6, 6.07) is 0.177. The molecular weight excluding hydrogens is 244 g/mol. The molecule has 2 rings (SSSR count). The molecule has 0 saturated carbocycles. The molecule has 2 heterocycles. The zero-order valence-electron chi connectivity index (χ0n) is 12.1. The molecular formula is C14H24N2O3. The number of nitrogens with zero attached hydrogens (tertiary/aromatic N) is 2. The Morgan fingerprint density at radius 1 is 1.26 bits per heavy atom. The third kappa shape index (κ3) is 3.61. The van der Waals surface area contributed by atoms with Gasteiger partial charge in [0, 0.05) is 32.1 Å². The Morgan fingerprint density at radius 2 is 2.00 bits per heavy atom. The predicted molar refractivity (Wildman–Crippen MR) is 71.8 cm³/mol. The lowest BCUT2D eigenvalue weighted by atomic mass is 10.0. The van der Waals surface area contributed by atoms with E-state index in [9.17, 15) is 9.59 Å². The summed E-state index contributed by atoms with van der Waals surface area (Å²) in [5.74, 6) is 0.232. The maximum Gasteiger partial charge on any atom is 0.410 e. The van der Waals surface area contributed by atoms with Crippen molar-refractivity contribution >= 4 is 12.0 Å². The Morgan fingerprint density at radius 3 is 2.58 bits per heavy atom. The average molecular weight is 268 g/mol. The van der Waals surface area contributed by atoms with E-state index in [2.05, 4.69) is 0 Å². The van der Waals surface area contributed by atoms with Crippen molar-refractivity contribution < 1.29 is 14.3 Å². The first kappa shape index (κ1) is 14.2. The Bertz CT molecular complexity index is 362. The quantitative estimate of drug-likeness (QED) is 0.731. The molecule has 108 valence electrons. The predicted octanol–water partition coefficient (Wildman–Crippen LogP) is 2.01. The lowest BCUT2D eigenvalue weighted by Gasteiger charge is -2.38. The second-order valence-electron chi connectivity index (χ2n) is 6.41. The van der Waals surface area contributed by atoms with Crippen LogP contribution in [0.1, 0.15) is 46.5 Å². The number of ether oxygens (including phenoxy) is 1. The number of amides is 2. The van der Waals surface area contributed by atoms with Gasteiger partial charge in [0.15, 0.2) is 0 Å². The fraction of sp³-hybridized carbons (Fsp3) is 0.857. The van der Waals surface area contributed by atoms with Gasteiger partial charge in [-0.1, -0.05) is 0 Å². The van der Waals surface area contributed by atoms with Gasteiger partial charge in [0.05, 0.1) is 0 Å². The third-order valence-electron chi connectivity index (χ3n) is 3.60. The standard InChI is InChI=1S/C14H24N2O3/c1-14(2,3)19-13(18)15-8-4-6-11(10-15)16-9-5-7-12(16)17/h11H,4-10H2,1-3H3/t11-/m0/s1. The van der Waals surface area contributed by atoms with Crippen molar-refractivity contribution in [2.75, 3.05) is 19.6 Å². The van der Waals surface area contributed by atoms with Gasteiger partial charge in [-0.25, -0.2) is 4.79 Å². The van der Waals surface area contributed by atoms with Crippen LogP contribution in [-0.2, 0) is 9.53 Å². The summed E-state index contributed by atoms with van der Waals surface area (Å²) in [5.41, 5.74) is -0.465. The molecule has 0 aromatic carbocycles. The highest BCUT2D eigenvalue weighted by Gasteiger charge is 2.34. The minimum atomic E-state index is -0.465. The van der Waals surface area contributed by atoms with E-state index in [-0.39, 0.29) is 18.0 Å². The Balaban J connectivity index is 1.93. The number of carbonyl (C=O) groups is 2. The SMILES string of the molecule is CC(C)(C)OC(=O)N1CCC[C@H](N2CCCC2=O)C1. The largest absolute Gasteiger partial charge is 0.444 e. The van der Waals surface area contributed by atoms with Gasteiger partial charge in [-0.3, -0.25) is 4.79 Å². The van der Waals surface area contributed by atoms with Crippen LogP contribution in [0.5, 0.6) is 0 Å². The van der Waals surface area contributed by atoms with Crippen molar-refractivity contribution in [1.29, 1.82) is 0 Å². The third-order valence-corrected chi connectivity index (χ3v) is 3.60. The number of rotatable bonds is 1. The molecule has 0 spiro atoms. The smallest absolute Gasteiger partial charge is 0.410 e. The number of hydrogen-bond donors (Lipinski definition) is 0. The van der Waals surface area contributed by atoms with E-state index in [0.29, 0.717) is 13.0 Å². The van der Waals surface area contributed by atoms with Crippen molar-refractivity contribution in [3.8, 4) is 0 Å². The van der Waals surface area contributed by atoms with E-state index in [0.717, 1.165) is 32.4 Å². The molecule has 0 radical (unpaired) electrons. The van der Waals surface area contributed by atoms with Crippen LogP contribution in [0.3, 0.4) is 0 Å². The van der Waals surface area contributed by atoms with Crippen molar-refractivity contribution in [1.82, 2.24) is 9.80 Å². The van der Waals surface area contributed by atoms with Crippen molar-refractivity contribution in [2.24, 2.45) is 0 Å². The molecule has 5 heteroatoms. The lowest BCUT2D eigenvalue weighted by Crippen LogP contribution is -2.51. The monoisotopic (exact) mass is 268 g/mol. The topological polar surface area (TPSA) is 49.9 Å². The van der Waals surface area contributed by atoms with Crippen molar-refractivity contribution in [3.05, 3.63) is 0 Å². The second kappa shape index (κ2) is 5.39. The molecule has 0 aromatic rings. The zero-order chi connectivity index (χ0) is 14.0. The molecule has 0 bridgehead atoms. The first-order chi connectivity index (χ1) is 8.87. The molecule has 0 N–H and O–H groups in total. The van der Waals surface area contributed by atoms with E-state index < -0.39 is 5.60 Å². The molecule has 2 saturated heterocycles. The van der Waals surface area contributed by atoms with E-state index in [4.69, 9.17) is 4.74 Å². The fourth-order valence-corrected chi connectivity index (χ4v) is 2.76. The highest BCUT2D eigenvalue weighted by atomic mass is 16.6. The summed E-state index contributed by atoms with van der Waals surface area (Å²) in [6.07, 6.45) is 3.27. The average Bonchev–Trinajstić information content (AvgIpc) is 2.73. The molecule has 1 atom stereocenters. The summed E-state index contributed by atoms with van der Waals surface area (Å²) < 4.78 is 5.40. The van der Waals surface area contributed by atoms with Gasteiger partial charge in [-0.2, -0.15) is 0 Å². The minimum Gasteiger partial charge on any atom is -0.444 e. The maximum absolute atomic E-state index is 12.1. The Labute approximate surface area is 114 Å². The number of carbonyl (C=O) groups excluding carboxylic acids is 2. The molecule has 0 aliphatic carbocycles. The molecule has 0 unspecified atom stereocenters. The van der Waals surface area contributed by atoms with Crippen LogP contribution >= 0.6 is 0 Å². The maximum atomic E-state index is 12.1. The lowest BCUT2D eigenvalue weighted by molar-refractivity contribution is -0.130. The van der Waals surface area contributed by atoms with E-state index in [1.807, 2.05) is 25.7 Å². The van der Waals surface area contributed by atoms with Crippen LogP contribution < -0.4 is 0 Å². The Hall–Kier alpha value is -1.26. The van der Waals surface area contributed by atoms with Gasteiger partial charge in [0.1, 0.15) is 5.60 Å². The number of likely N-dealkylation sites (tertiary alicyclic amines) is 2. The van der Waals surface area contributed by atoms with Crippen LogP contribution in [0, 0.1) is 0 Å². The minimum absolute atomic E-state index is 0.177. The first-order valence-corrected chi connectivity index (χ1v) is 7.14. The highest BCUT2D eigenvalue weighted by molar-refractivity contribution is 5.78. The molecule has 19 heavy (non-hydrogen) atoms. The van der Waals surface area contributed by atoms with Crippen molar-refractivity contribution in [3.63, 3.8) is 0 Å². The van der Waals surface area contributed by atoms with Crippen molar-refractivity contribution in [2.45, 2.75) is 58.1 Å². The molecule has 0 aromatic heterocycles. The van der Waals surface area contributed by atoms with Crippen LogP contribution in [0.2, 0.25) is 0 Å². The second-order valence-corrected chi connectivity index (χ2v) is 6.41.